The third kappa shape index (κ3) is 3.13. The Hall–Kier alpha value is -1.44. The lowest BCUT2D eigenvalue weighted by molar-refractivity contribution is -0.117. The molecule has 2 aliphatic rings. The van der Waals surface area contributed by atoms with E-state index < -0.39 is 10.0 Å². The van der Waals surface area contributed by atoms with Gasteiger partial charge in [0.05, 0.1) is 17.6 Å². The molecule has 0 N–H and O–H groups in total. The van der Waals surface area contributed by atoms with E-state index in [0.29, 0.717) is 26.1 Å². The lowest BCUT2D eigenvalue weighted by Crippen LogP contribution is -2.50. The zero-order chi connectivity index (χ0) is 16.6. The van der Waals surface area contributed by atoms with Crippen LogP contribution in [0.1, 0.15) is 26.7 Å². The van der Waals surface area contributed by atoms with Crippen LogP contribution < -0.4 is 4.90 Å². The quantitative estimate of drug-likeness (QED) is 0.840. The summed E-state index contributed by atoms with van der Waals surface area (Å²) >= 11 is 0. The van der Waals surface area contributed by atoms with Crippen LogP contribution in [0.2, 0.25) is 0 Å². The summed E-state index contributed by atoms with van der Waals surface area (Å²) in [6.07, 6.45) is 1.30. The van der Waals surface area contributed by atoms with Crippen LogP contribution in [-0.4, -0.2) is 50.5 Å². The molecule has 0 aromatic heterocycles. The van der Waals surface area contributed by atoms with Gasteiger partial charge in [0.15, 0.2) is 0 Å². The van der Waals surface area contributed by atoms with Gasteiger partial charge in [-0.1, -0.05) is 0 Å². The van der Waals surface area contributed by atoms with E-state index in [-0.39, 0.29) is 22.9 Å². The molecule has 1 aromatic carbocycles. The predicted octanol–water partition coefficient (Wildman–Crippen LogP) is 1.61. The Morgan fingerprint density at radius 1 is 1.17 bits per heavy atom. The molecule has 126 valence electrons. The van der Waals surface area contributed by atoms with Crippen molar-refractivity contribution in [2.75, 3.05) is 24.6 Å². The summed E-state index contributed by atoms with van der Waals surface area (Å²) < 4.78 is 32.7. The number of ether oxygens (including phenoxy) is 1. The molecule has 1 amide bonds. The highest BCUT2D eigenvalue weighted by Gasteiger charge is 2.34. The number of hydrogen-bond acceptors (Lipinski definition) is 4. The molecule has 23 heavy (non-hydrogen) atoms. The summed E-state index contributed by atoms with van der Waals surface area (Å²) in [6.45, 7) is 5.18. The fourth-order valence-corrected chi connectivity index (χ4v) is 4.75. The first-order chi connectivity index (χ1) is 10.9. The fourth-order valence-electron chi connectivity index (χ4n) is 3.06. The zero-order valence-electron chi connectivity index (χ0n) is 13.4. The number of anilines is 1. The van der Waals surface area contributed by atoms with Gasteiger partial charge in [-0.3, -0.25) is 4.79 Å². The van der Waals surface area contributed by atoms with Gasteiger partial charge in [-0.25, -0.2) is 8.42 Å². The van der Waals surface area contributed by atoms with Crippen molar-refractivity contribution in [2.24, 2.45) is 0 Å². The van der Waals surface area contributed by atoms with E-state index in [2.05, 4.69) is 0 Å². The van der Waals surface area contributed by atoms with Crippen molar-refractivity contribution in [3.05, 3.63) is 24.3 Å². The molecule has 1 aromatic rings. The summed E-state index contributed by atoms with van der Waals surface area (Å²) in [6, 6.07) is 6.41. The van der Waals surface area contributed by atoms with Crippen LogP contribution in [0.5, 0.6) is 0 Å². The predicted molar refractivity (Wildman–Crippen MR) is 86.8 cm³/mol. The maximum Gasteiger partial charge on any atom is 0.243 e. The van der Waals surface area contributed by atoms with Gasteiger partial charge in [0.1, 0.15) is 0 Å². The summed E-state index contributed by atoms with van der Waals surface area (Å²) in [7, 11) is -3.55. The number of benzene rings is 1. The first-order valence-corrected chi connectivity index (χ1v) is 9.37. The lowest BCUT2D eigenvalue weighted by atomic mass is 10.2. The van der Waals surface area contributed by atoms with Crippen molar-refractivity contribution in [3.8, 4) is 0 Å². The summed E-state index contributed by atoms with van der Waals surface area (Å²) in [5.41, 5.74) is 0.759. The van der Waals surface area contributed by atoms with E-state index in [0.717, 1.165) is 12.1 Å². The first kappa shape index (κ1) is 16.4. The van der Waals surface area contributed by atoms with Gasteiger partial charge in [0.25, 0.3) is 0 Å². The fraction of sp³-hybridized carbons (Fsp3) is 0.562. The number of amides is 1. The maximum atomic E-state index is 12.8. The minimum atomic E-state index is -3.55. The van der Waals surface area contributed by atoms with Gasteiger partial charge in [0.2, 0.25) is 15.9 Å². The minimum Gasteiger partial charge on any atom is -0.375 e. The van der Waals surface area contributed by atoms with Crippen molar-refractivity contribution in [1.29, 1.82) is 0 Å². The van der Waals surface area contributed by atoms with Crippen molar-refractivity contribution in [3.63, 3.8) is 0 Å². The van der Waals surface area contributed by atoms with Crippen LogP contribution in [0.25, 0.3) is 0 Å². The van der Waals surface area contributed by atoms with E-state index in [1.807, 2.05) is 13.8 Å². The lowest BCUT2D eigenvalue weighted by Gasteiger charge is -2.35. The summed E-state index contributed by atoms with van der Waals surface area (Å²) in [5, 5.41) is 0. The molecular formula is C16H22N2O4S. The average molecular weight is 338 g/mol. The van der Waals surface area contributed by atoms with E-state index in [1.165, 1.54) is 4.31 Å². The molecule has 2 heterocycles. The van der Waals surface area contributed by atoms with Gasteiger partial charge in [0, 0.05) is 31.2 Å². The highest BCUT2D eigenvalue weighted by atomic mass is 32.2. The van der Waals surface area contributed by atoms with Crippen LogP contribution in [0.15, 0.2) is 29.2 Å². The van der Waals surface area contributed by atoms with Crippen molar-refractivity contribution < 1.29 is 17.9 Å². The van der Waals surface area contributed by atoms with E-state index in [1.54, 1.807) is 29.2 Å². The molecule has 0 saturated carbocycles. The van der Waals surface area contributed by atoms with Crippen LogP contribution in [0.4, 0.5) is 5.69 Å². The molecule has 6 nitrogen and oxygen atoms in total. The Morgan fingerprint density at radius 2 is 1.87 bits per heavy atom. The van der Waals surface area contributed by atoms with E-state index in [9.17, 15) is 13.2 Å². The van der Waals surface area contributed by atoms with Crippen molar-refractivity contribution in [2.45, 2.75) is 43.7 Å². The molecule has 0 unspecified atom stereocenters. The molecular weight excluding hydrogens is 316 g/mol. The monoisotopic (exact) mass is 338 g/mol. The van der Waals surface area contributed by atoms with Crippen LogP contribution >= 0.6 is 0 Å². The van der Waals surface area contributed by atoms with Gasteiger partial charge >= 0.3 is 0 Å². The molecule has 0 bridgehead atoms. The Morgan fingerprint density at radius 3 is 2.48 bits per heavy atom. The SMILES string of the molecule is C[C@@H]1CO[C@@H](C)CN1S(=O)(=O)c1ccc(N2CCCC2=O)cc1. The van der Waals surface area contributed by atoms with Crippen molar-refractivity contribution >= 4 is 21.6 Å². The number of morpholine rings is 1. The largest absolute Gasteiger partial charge is 0.375 e. The number of carbonyl (C=O) groups excluding carboxylic acids is 1. The average Bonchev–Trinajstić information content (AvgIpc) is 2.96. The second-order valence-corrected chi connectivity index (χ2v) is 8.10. The van der Waals surface area contributed by atoms with E-state index in [4.69, 9.17) is 4.74 Å². The molecule has 0 radical (unpaired) electrons. The Bertz CT molecular complexity index is 687. The van der Waals surface area contributed by atoms with E-state index >= 15 is 0 Å². The molecule has 2 aliphatic heterocycles. The highest BCUT2D eigenvalue weighted by molar-refractivity contribution is 7.89. The zero-order valence-corrected chi connectivity index (χ0v) is 14.3. The van der Waals surface area contributed by atoms with Gasteiger partial charge < -0.3 is 9.64 Å². The van der Waals surface area contributed by atoms with Crippen LogP contribution in [-0.2, 0) is 19.6 Å². The Balaban J connectivity index is 1.84. The first-order valence-electron chi connectivity index (χ1n) is 7.93. The molecule has 2 atom stereocenters. The minimum absolute atomic E-state index is 0.0937. The number of nitrogens with zero attached hydrogens (tertiary/aromatic N) is 2. The third-order valence-electron chi connectivity index (χ3n) is 4.38. The topological polar surface area (TPSA) is 66.9 Å². The number of rotatable bonds is 3. The molecule has 2 saturated heterocycles. The number of sulfonamides is 1. The standard InChI is InChI=1S/C16H22N2O4S/c1-12-11-22-13(2)10-18(12)23(20,21)15-7-5-14(6-8-15)17-9-3-4-16(17)19/h5-8,12-13H,3-4,9-11H2,1-2H3/t12-,13+/m1/s1. The van der Waals surface area contributed by atoms with Crippen molar-refractivity contribution in [1.82, 2.24) is 4.31 Å². The number of carbonyl (C=O) groups is 1. The smallest absolute Gasteiger partial charge is 0.243 e. The second kappa shape index (κ2) is 6.22. The molecule has 2 fully saturated rings. The van der Waals surface area contributed by atoms with Gasteiger partial charge in [-0.15, -0.1) is 0 Å². The molecule has 7 heteroatoms. The third-order valence-corrected chi connectivity index (χ3v) is 6.37. The molecule has 0 spiro atoms. The normalized spacial score (nSPS) is 26.7. The second-order valence-electron chi connectivity index (χ2n) is 6.21. The summed E-state index contributed by atoms with van der Waals surface area (Å²) in [4.78, 5) is 13.7. The molecule has 0 aliphatic carbocycles. The highest BCUT2D eigenvalue weighted by Crippen LogP contribution is 2.26. The van der Waals surface area contributed by atoms with Crippen LogP contribution in [0, 0.1) is 0 Å². The Kier molecular flexibility index (Phi) is 4.44. The van der Waals surface area contributed by atoms with Gasteiger partial charge in [-0.2, -0.15) is 4.31 Å². The van der Waals surface area contributed by atoms with Gasteiger partial charge in [-0.05, 0) is 44.5 Å². The van der Waals surface area contributed by atoms with Crippen LogP contribution in [0.3, 0.4) is 0 Å². The number of hydrogen-bond donors (Lipinski definition) is 0. The summed E-state index contributed by atoms with van der Waals surface area (Å²) in [5.74, 6) is 0.0937. The Labute approximate surface area is 137 Å². The molecule has 3 rings (SSSR count). The maximum absolute atomic E-state index is 12.8.